The molecule has 0 amide bonds. The molecule has 0 saturated heterocycles. The van der Waals surface area contributed by atoms with Crippen molar-refractivity contribution in [2.24, 2.45) is 4.99 Å². The number of guanidine groups is 1. The minimum absolute atomic E-state index is 0.0863. The highest BCUT2D eigenvalue weighted by Crippen LogP contribution is 2.34. The molecule has 0 saturated carbocycles. The molecule has 1 aromatic heterocycles. The Labute approximate surface area is 171 Å². The Hall–Kier alpha value is -2.28. The second kappa shape index (κ2) is 8.82. The monoisotopic (exact) mass is 402 g/mol. The molecule has 0 atom stereocenters. The van der Waals surface area contributed by atoms with Gasteiger partial charge in [0.1, 0.15) is 13.2 Å². The maximum absolute atomic E-state index is 5.72. The van der Waals surface area contributed by atoms with Crippen LogP contribution in [0, 0.1) is 13.8 Å². The topological polar surface area (TPSA) is 67.8 Å². The third kappa shape index (κ3) is 4.95. The first-order valence-corrected chi connectivity index (χ1v) is 10.5. The fraction of sp³-hybridized carbons (Fsp3) is 0.524. The zero-order valence-electron chi connectivity index (χ0n) is 17.4. The van der Waals surface area contributed by atoms with E-state index in [-0.39, 0.29) is 5.41 Å². The SMILES string of the molecule is CN=C(NCCc1nc(C)c(C)s1)NCC(C)(C)c1ccc2c(c1)OCCO2. The third-order valence-corrected chi connectivity index (χ3v) is 6.08. The first kappa shape index (κ1) is 20.5. The van der Waals surface area contributed by atoms with Crippen LogP contribution in [0.1, 0.15) is 35.0 Å². The lowest BCUT2D eigenvalue weighted by Crippen LogP contribution is -2.44. The smallest absolute Gasteiger partial charge is 0.191 e. The van der Waals surface area contributed by atoms with Gasteiger partial charge in [-0.1, -0.05) is 19.9 Å². The molecular formula is C21H30N4O2S. The van der Waals surface area contributed by atoms with Crippen LogP contribution < -0.4 is 20.1 Å². The molecule has 6 nitrogen and oxygen atoms in total. The minimum atomic E-state index is -0.0863. The van der Waals surface area contributed by atoms with Crippen molar-refractivity contribution in [2.45, 2.75) is 39.5 Å². The normalized spacial score (nSPS) is 14.1. The quantitative estimate of drug-likeness (QED) is 0.574. The highest BCUT2D eigenvalue weighted by Gasteiger charge is 2.23. The van der Waals surface area contributed by atoms with Gasteiger partial charge in [0, 0.05) is 36.9 Å². The number of aromatic nitrogens is 1. The average Bonchev–Trinajstić information content (AvgIpc) is 3.01. The van der Waals surface area contributed by atoms with E-state index in [9.17, 15) is 0 Å². The van der Waals surface area contributed by atoms with Crippen molar-refractivity contribution in [3.63, 3.8) is 0 Å². The van der Waals surface area contributed by atoms with E-state index < -0.39 is 0 Å². The van der Waals surface area contributed by atoms with Gasteiger partial charge in [-0.05, 0) is 31.5 Å². The predicted octanol–water partition coefficient (Wildman–Crippen LogP) is 3.22. The largest absolute Gasteiger partial charge is 0.486 e. The molecule has 1 aromatic carbocycles. The summed E-state index contributed by atoms with van der Waals surface area (Å²) in [7, 11) is 1.80. The van der Waals surface area contributed by atoms with Crippen molar-refractivity contribution < 1.29 is 9.47 Å². The molecule has 2 heterocycles. The molecule has 1 aliphatic heterocycles. The highest BCUT2D eigenvalue weighted by molar-refractivity contribution is 7.11. The lowest BCUT2D eigenvalue weighted by Gasteiger charge is -2.28. The van der Waals surface area contributed by atoms with Gasteiger partial charge in [-0.15, -0.1) is 11.3 Å². The van der Waals surface area contributed by atoms with Gasteiger partial charge in [0.15, 0.2) is 17.5 Å². The lowest BCUT2D eigenvalue weighted by atomic mass is 9.84. The molecule has 2 aromatic rings. The first-order valence-electron chi connectivity index (χ1n) is 9.66. The van der Waals surface area contributed by atoms with E-state index in [1.807, 2.05) is 6.07 Å². The average molecular weight is 403 g/mol. The van der Waals surface area contributed by atoms with E-state index in [0.29, 0.717) is 13.2 Å². The van der Waals surface area contributed by atoms with Crippen molar-refractivity contribution in [3.8, 4) is 11.5 Å². The maximum Gasteiger partial charge on any atom is 0.191 e. The summed E-state index contributed by atoms with van der Waals surface area (Å²) >= 11 is 1.77. The van der Waals surface area contributed by atoms with Crippen LogP contribution in [0.15, 0.2) is 23.2 Å². The van der Waals surface area contributed by atoms with Crippen molar-refractivity contribution in [1.82, 2.24) is 15.6 Å². The lowest BCUT2D eigenvalue weighted by molar-refractivity contribution is 0.171. The van der Waals surface area contributed by atoms with Gasteiger partial charge in [-0.25, -0.2) is 4.98 Å². The van der Waals surface area contributed by atoms with Crippen LogP contribution in [0.4, 0.5) is 0 Å². The summed E-state index contributed by atoms with van der Waals surface area (Å²) in [5.74, 6) is 2.45. The number of ether oxygens (including phenoxy) is 2. The minimum Gasteiger partial charge on any atom is -0.486 e. The fourth-order valence-corrected chi connectivity index (χ4v) is 3.96. The van der Waals surface area contributed by atoms with E-state index in [2.05, 4.69) is 60.4 Å². The number of thiazole rings is 1. The Kier molecular flexibility index (Phi) is 6.44. The summed E-state index contributed by atoms with van der Waals surface area (Å²) < 4.78 is 11.3. The van der Waals surface area contributed by atoms with Crippen molar-refractivity contribution in [2.75, 3.05) is 33.4 Å². The first-order chi connectivity index (χ1) is 13.4. The maximum atomic E-state index is 5.72. The number of aliphatic imine (C=N–C) groups is 1. The number of nitrogens with zero attached hydrogens (tertiary/aromatic N) is 2. The number of rotatable bonds is 6. The summed E-state index contributed by atoms with van der Waals surface area (Å²) in [6.45, 7) is 11.4. The van der Waals surface area contributed by atoms with Gasteiger partial charge in [-0.2, -0.15) is 0 Å². The summed E-state index contributed by atoms with van der Waals surface area (Å²) in [4.78, 5) is 10.2. The van der Waals surface area contributed by atoms with E-state index in [1.54, 1.807) is 18.4 Å². The van der Waals surface area contributed by atoms with Crippen LogP contribution in [0.25, 0.3) is 0 Å². The number of aryl methyl sites for hydroxylation is 2. The van der Waals surface area contributed by atoms with Gasteiger partial charge in [-0.3, -0.25) is 4.99 Å². The molecule has 0 fully saturated rings. The van der Waals surface area contributed by atoms with Crippen LogP contribution in [0.5, 0.6) is 11.5 Å². The summed E-state index contributed by atoms with van der Waals surface area (Å²) in [5.41, 5.74) is 2.24. The number of hydrogen-bond donors (Lipinski definition) is 2. The van der Waals surface area contributed by atoms with Crippen molar-refractivity contribution in [1.29, 1.82) is 0 Å². The van der Waals surface area contributed by atoms with Gasteiger partial charge in [0.05, 0.1) is 10.7 Å². The second-order valence-electron chi connectivity index (χ2n) is 7.59. The van der Waals surface area contributed by atoms with Crippen LogP contribution in [-0.2, 0) is 11.8 Å². The Morgan fingerprint density at radius 3 is 2.61 bits per heavy atom. The molecule has 3 rings (SSSR count). The molecule has 0 aliphatic carbocycles. The molecular weight excluding hydrogens is 372 g/mol. The van der Waals surface area contributed by atoms with Crippen LogP contribution >= 0.6 is 11.3 Å². The van der Waals surface area contributed by atoms with Gasteiger partial charge < -0.3 is 20.1 Å². The van der Waals surface area contributed by atoms with Crippen molar-refractivity contribution in [3.05, 3.63) is 39.3 Å². The molecule has 0 unspecified atom stereocenters. The predicted molar refractivity (Wildman–Crippen MR) is 115 cm³/mol. The summed E-state index contributed by atoms with van der Waals surface area (Å²) in [6.07, 6.45) is 0.894. The molecule has 2 N–H and O–H groups in total. The summed E-state index contributed by atoms with van der Waals surface area (Å²) in [5, 5.41) is 7.98. The zero-order chi connectivity index (χ0) is 20.1. The Balaban J connectivity index is 1.53. The van der Waals surface area contributed by atoms with Gasteiger partial charge in [0.2, 0.25) is 0 Å². The van der Waals surface area contributed by atoms with Crippen LogP contribution in [0.2, 0.25) is 0 Å². The molecule has 1 aliphatic rings. The number of benzene rings is 1. The number of nitrogens with one attached hydrogen (secondary N) is 2. The Bertz CT molecular complexity index is 825. The van der Waals surface area contributed by atoms with E-state index in [0.717, 1.165) is 47.7 Å². The zero-order valence-corrected chi connectivity index (χ0v) is 18.2. The Morgan fingerprint density at radius 1 is 1.18 bits per heavy atom. The molecule has 28 heavy (non-hydrogen) atoms. The molecule has 0 spiro atoms. The van der Waals surface area contributed by atoms with Crippen LogP contribution in [0.3, 0.4) is 0 Å². The van der Waals surface area contributed by atoms with Gasteiger partial charge in [0.25, 0.3) is 0 Å². The van der Waals surface area contributed by atoms with Gasteiger partial charge >= 0.3 is 0 Å². The number of fused-ring (bicyclic) bond motifs is 1. The highest BCUT2D eigenvalue weighted by atomic mass is 32.1. The van der Waals surface area contributed by atoms with E-state index in [1.165, 1.54) is 10.4 Å². The molecule has 7 heteroatoms. The third-order valence-electron chi connectivity index (χ3n) is 4.95. The molecule has 0 radical (unpaired) electrons. The van der Waals surface area contributed by atoms with E-state index >= 15 is 0 Å². The number of hydrogen-bond acceptors (Lipinski definition) is 5. The Morgan fingerprint density at radius 2 is 1.93 bits per heavy atom. The van der Waals surface area contributed by atoms with Crippen LogP contribution in [-0.4, -0.2) is 44.3 Å². The summed E-state index contributed by atoms with van der Waals surface area (Å²) in [6, 6.07) is 6.19. The molecule has 152 valence electrons. The molecule has 0 bridgehead atoms. The second-order valence-corrected chi connectivity index (χ2v) is 8.88. The van der Waals surface area contributed by atoms with Crippen molar-refractivity contribution >= 4 is 17.3 Å². The standard InChI is InChI=1S/C21H30N4O2S/c1-14-15(2)28-19(25-14)8-9-23-20(22-5)24-13-21(3,4)16-6-7-17-18(12-16)27-11-10-26-17/h6-7,12H,8-11,13H2,1-5H3,(H2,22,23,24). The fourth-order valence-electron chi connectivity index (χ4n) is 3.03. The van der Waals surface area contributed by atoms with E-state index in [4.69, 9.17) is 9.47 Å².